The van der Waals surface area contributed by atoms with Gasteiger partial charge in [-0.1, -0.05) is 0 Å². The van der Waals surface area contributed by atoms with E-state index in [1.165, 1.54) is 12.1 Å². The molecular formula is C12H13IN2O4. The second kappa shape index (κ2) is 5.41. The minimum absolute atomic E-state index is 0.107. The summed E-state index contributed by atoms with van der Waals surface area (Å²) in [6.07, 6.45) is 2.44. The van der Waals surface area contributed by atoms with E-state index in [2.05, 4.69) is 5.32 Å². The fourth-order valence-electron chi connectivity index (χ4n) is 2.04. The first kappa shape index (κ1) is 14.2. The number of benzene rings is 1. The Labute approximate surface area is 123 Å². The molecule has 1 aliphatic rings. The summed E-state index contributed by atoms with van der Waals surface area (Å²) < 4.78 is 0.646. The molecule has 0 spiro atoms. The molecular weight excluding hydrogens is 363 g/mol. The highest BCUT2D eigenvalue weighted by molar-refractivity contribution is 14.1. The number of aliphatic hydroxyl groups is 1. The van der Waals surface area contributed by atoms with E-state index in [9.17, 15) is 20.0 Å². The zero-order valence-electron chi connectivity index (χ0n) is 10.1. The van der Waals surface area contributed by atoms with Crippen LogP contribution in [0.1, 0.15) is 29.6 Å². The average molecular weight is 376 g/mol. The summed E-state index contributed by atoms with van der Waals surface area (Å²) in [5.74, 6) is -0.373. The van der Waals surface area contributed by atoms with E-state index in [1.54, 1.807) is 6.07 Å². The molecule has 19 heavy (non-hydrogen) atoms. The molecule has 0 aromatic heterocycles. The number of carbonyl (C=O) groups is 1. The van der Waals surface area contributed by atoms with Gasteiger partial charge in [0.25, 0.3) is 11.6 Å². The van der Waals surface area contributed by atoms with Gasteiger partial charge in [-0.3, -0.25) is 14.9 Å². The monoisotopic (exact) mass is 376 g/mol. The maximum atomic E-state index is 12.2. The van der Waals surface area contributed by atoms with Crippen LogP contribution in [0.3, 0.4) is 0 Å². The number of halogens is 1. The molecule has 7 heteroatoms. The quantitative estimate of drug-likeness (QED) is 0.477. The lowest BCUT2D eigenvalue weighted by Crippen LogP contribution is -2.56. The molecule has 1 amide bonds. The van der Waals surface area contributed by atoms with Gasteiger partial charge in [0.15, 0.2) is 0 Å². The van der Waals surface area contributed by atoms with Crippen molar-refractivity contribution in [3.63, 3.8) is 0 Å². The van der Waals surface area contributed by atoms with Gasteiger partial charge in [-0.05, 0) is 47.9 Å². The molecule has 0 aliphatic heterocycles. The predicted octanol–water partition coefficient (Wildman–Crippen LogP) is 1.84. The summed E-state index contributed by atoms with van der Waals surface area (Å²) in [5, 5.41) is 22.8. The Morgan fingerprint density at radius 3 is 2.68 bits per heavy atom. The van der Waals surface area contributed by atoms with Gasteiger partial charge in [0.2, 0.25) is 0 Å². The lowest BCUT2D eigenvalue weighted by atomic mass is 9.77. The SMILES string of the molecule is O=C(NC1(CO)CCC1)c1cc([N+](=O)[O-])ccc1I. The van der Waals surface area contributed by atoms with E-state index in [0.717, 1.165) is 19.3 Å². The molecule has 0 saturated heterocycles. The summed E-state index contributed by atoms with van der Waals surface area (Å²) in [4.78, 5) is 22.4. The smallest absolute Gasteiger partial charge is 0.270 e. The maximum Gasteiger partial charge on any atom is 0.270 e. The second-order valence-corrected chi connectivity index (χ2v) is 5.83. The first-order valence-corrected chi connectivity index (χ1v) is 6.93. The molecule has 1 aliphatic carbocycles. The number of hydrogen-bond donors (Lipinski definition) is 2. The van der Waals surface area contributed by atoms with E-state index in [-0.39, 0.29) is 23.8 Å². The number of hydrogen-bond acceptors (Lipinski definition) is 4. The fourth-order valence-corrected chi connectivity index (χ4v) is 2.62. The third-order valence-corrected chi connectivity index (χ3v) is 4.34. The Hall–Kier alpha value is -1.22. The van der Waals surface area contributed by atoms with Gasteiger partial charge in [0, 0.05) is 15.7 Å². The van der Waals surface area contributed by atoms with Crippen LogP contribution in [0.5, 0.6) is 0 Å². The van der Waals surface area contributed by atoms with Gasteiger partial charge in [0.05, 0.1) is 22.6 Å². The van der Waals surface area contributed by atoms with Gasteiger partial charge in [-0.15, -0.1) is 0 Å². The van der Waals surface area contributed by atoms with Crippen LogP contribution in [0.15, 0.2) is 18.2 Å². The topological polar surface area (TPSA) is 92.5 Å². The molecule has 1 aromatic rings. The van der Waals surface area contributed by atoms with Crippen LogP contribution >= 0.6 is 22.6 Å². The Morgan fingerprint density at radius 1 is 1.53 bits per heavy atom. The number of nitro groups is 1. The predicted molar refractivity (Wildman–Crippen MR) is 76.9 cm³/mol. The molecule has 102 valence electrons. The van der Waals surface area contributed by atoms with Crippen LogP contribution in [-0.2, 0) is 0 Å². The van der Waals surface area contributed by atoms with Crippen LogP contribution in [0.2, 0.25) is 0 Å². The lowest BCUT2D eigenvalue weighted by molar-refractivity contribution is -0.384. The third kappa shape index (κ3) is 2.86. The lowest BCUT2D eigenvalue weighted by Gasteiger charge is -2.41. The van der Waals surface area contributed by atoms with Crippen molar-refractivity contribution >= 4 is 34.2 Å². The minimum atomic E-state index is -0.551. The zero-order valence-corrected chi connectivity index (χ0v) is 12.2. The Morgan fingerprint density at radius 2 is 2.21 bits per heavy atom. The molecule has 6 nitrogen and oxygen atoms in total. The van der Waals surface area contributed by atoms with Crippen LogP contribution in [0.4, 0.5) is 5.69 Å². The Bertz CT molecular complexity index is 523. The largest absolute Gasteiger partial charge is 0.394 e. The van der Waals surface area contributed by atoms with Crippen molar-refractivity contribution in [2.24, 2.45) is 0 Å². The number of rotatable bonds is 4. The van der Waals surface area contributed by atoms with E-state index in [4.69, 9.17) is 0 Å². The van der Waals surface area contributed by atoms with Crippen molar-refractivity contribution in [2.45, 2.75) is 24.8 Å². The van der Waals surface area contributed by atoms with E-state index < -0.39 is 10.5 Å². The first-order valence-electron chi connectivity index (χ1n) is 5.85. The van der Waals surface area contributed by atoms with E-state index >= 15 is 0 Å². The molecule has 1 aromatic carbocycles. The Kier molecular flexibility index (Phi) is 4.04. The fraction of sp³-hybridized carbons (Fsp3) is 0.417. The number of aliphatic hydroxyl groups excluding tert-OH is 1. The van der Waals surface area contributed by atoms with Crippen LogP contribution in [-0.4, -0.2) is 28.1 Å². The number of nitrogens with one attached hydrogen (secondary N) is 1. The molecule has 0 atom stereocenters. The van der Waals surface area contributed by atoms with E-state index in [1.807, 2.05) is 22.6 Å². The summed E-state index contributed by atoms with van der Waals surface area (Å²) in [6.45, 7) is -0.107. The van der Waals surface area contributed by atoms with Crippen molar-refractivity contribution in [3.05, 3.63) is 37.4 Å². The number of non-ortho nitro benzene ring substituents is 1. The molecule has 2 rings (SSSR count). The normalized spacial score (nSPS) is 16.5. The number of carbonyl (C=O) groups excluding carboxylic acids is 1. The van der Waals surface area contributed by atoms with Crippen molar-refractivity contribution in [3.8, 4) is 0 Å². The number of amides is 1. The molecule has 0 bridgehead atoms. The van der Waals surface area contributed by atoms with Crippen LogP contribution in [0.25, 0.3) is 0 Å². The number of nitrogens with zero attached hydrogens (tertiary/aromatic N) is 1. The van der Waals surface area contributed by atoms with Crippen molar-refractivity contribution in [2.75, 3.05) is 6.61 Å². The molecule has 1 saturated carbocycles. The number of nitro benzene ring substituents is 1. The van der Waals surface area contributed by atoms with Crippen molar-refractivity contribution < 1.29 is 14.8 Å². The molecule has 2 N–H and O–H groups in total. The second-order valence-electron chi connectivity index (χ2n) is 4.67. The van der Waals surface area contributed by atoms with Crippen molar-refractivity contribution in [1.29, 1.82) is 0 Å². The molecule has 0 radical (unpaired) electrons. The van der Waals surface area contributed by atoms with Crippen LogP contribution in [0, 0.1) is 13.7 Å². The summed E-state index contributed by atoms with van der Waals surface area (Å²) in [5.41, 5.74) is -0.392. The van der Waals surface area contributed by atoms with Gasteiger partial charge < -0.3 is 10.4 Å². The van der Waals surface area contributed by atoms with Gasteiger partial charge in [0.1, 0.15) is 0 Å². The summed E-state index contributed by atoms with van der Waals surface area (Å²) in [7, 11) is 0. The minimum Gasteiger partial charge on any atom is -0.394 e. The third-order valence-electron chi connectivity index (χ3n) is 3.40. The van der Waals surface area contributed by atoms with Crippen LogP contribution < -0.4 is 5.32 Å². The molecule has 0 unspecified atom stereocenters. The Balaban J connectivity index is 2.23. The van der Waals surface area contributed by atoms with Crippen molar-refractivity contribution in [1.82, 2.24) is 5.32 Å². The van der Waals surface area contributed by atoms with Gasteiger partial charge in [-0.2, -0.15) is 0 Å². The van der Waals surface area contributed by atoms with Gasteiger partial charge in [-0.25, -0.2) is 0 Å². The van der Waals surface area contributed by atoms with E-state index in [0.29, 0.717) is 3.57 Å². The van der Waals surface area contributed by atoms with Gasteiger partial charge >= 0.3 is 0 Å². The average Bonchev–Trinajstić information content (AvgIpc) is 2.33. The zero-order chi connectivity index (χ0) is 14.0. The highest BCUT2D eigenvalue weighted by Gasteiger charge is 2.38. The standard InChI is InChI=1S/C12H13IN2O4/c13-10-3-2-8(15(18)19)6-9(10)11(17)14-12(7-16)4-1-5-12/h2-3,6,16H,1,4-5,7H2,(H,14,17). The summed E-state index contributed by atoms with van der Waals surface area (Å²) in [6, 6.07) is 4.17. The molecule has 0 heterocycles. The maximum absolute atomic E-state index is 12.2. The highest BCUT2D eigenvalue weighted by Crippen LogP contribution is 2.32. The molecule has 1 fully saturated rings. The first-order chi connectivity index (χ1) is 8.97. The summed E-state index contributed by atoms with van der Waals surface area (Å²) >= 11 is 1.96. The highest BCUT2D eigenvalue weighted by atomic mass is 127.